The molecule has 26 heavy (non-hydrogen) atoms. The number of hydrogen-bond acceptors (Lipinski definition) is 4. The molecule has 2 aromatic rings. The molecular weight excluding hydrogens is 357 g/mol. The summed E-state index contributed by atoms with van der Waals surface area (Å²) in [7, 11) is 0. The van der Waals surface area contributed by atoms with E-state index < -0.39 is 0 Å². The predicted molar refractivity (Wildman–Crippen MR) is 99.9 cm³/mol. The molecule has 0 bridgehead atoms. The van der Waals surface area contributed by atoms with E-state index in [9.17, 15) is 9.18 Å². The van der Waals surface area contributed by atoms with E-state index in [1.807, 2.05) is 17.0 Å². The van der Waals surface area contributed by atoms with Crippen LogP contribution in [0.1, 0.15) is 24.4 Å². The molecule has 1 atom stereocenters. The first-order valence-corrected chi connectivity index (χ1v) is 8.53. The molecule has 1 N–H and O–H groups in total. The average Bonchev–Trinajstić information content (AvgIpc) is 2.67. The number of hydrogen-bond donors (Lipinski definition) is 1. The van der Waals surface area contributed by atoms with Crippen LogP contribution in [-0.4, -0.2) is 42.0 Å². The number of nitrogens with one attached hydrogen (secondary N) is 1. The van der Waals surface area contributed by atoms with E-state index in [0.29, 0.717) is 26.0 Å². The Morgan fingerprint density at radius 3 is 2.92 bits per heavy atom. The minimum absolute atomic E-state index is 0. The van der Waals surface area contributed by atoms with Gasteiger partial charge in [-0.2, -0.15) is 0 Å². The first-order chi connectivity index (χ1) is 12.3. The van der Waals surface area contributed by atoms with Gasteiger partial charge in [0.05, 0.1) is 12.6 Å². The molecule has 2 heterocycles. The number of amides is 1. The monoisotopic (exact) mass is 379 g/mol. The van der Waals surface area contributed by atoms with Gasteiger partial charge in [-0.05, 0) is 30.2 Å². The SMILES string of the molecule is Cl.O=C(CCCOc1ccccc1F)N1CCNCC1c1cccnc1. The molecule has 1 aliphatic rings. The van der Waals surface area contributed by atoms with Crippen LogP contribution in [0.2, 0.25) is 0 Å². The maximum atomic E-state index is 13.5. The highest BCUT2D eigenvalue weighted by Gasteiger charge is 2.27. The maximum Gasteiger partial charge on any atom is 0.223 e. The van der Waals surface area contributed by atoms with Gasteiger partial charge in [0.2, 0.25) is 5.91 Å². The number of carbonyl (C=O) groups excluding carboxylic acids is 1. The Kier molecular flexibility index (Phi) is 7.81. The second kappa shape index (κ2) is 10.1. The van der Waals surface area contributed by atoms with Crippen molar-refractivity contribution in [3.05, 3.63) is 60.2 Å². The standard InChI is InChI=1S/C19H22FN3O2.ClH/c20-16-6-1-2-7-18(16)25-12-4-8-19(24)23-11-10-22-14-17(23)15-5-3-9-21-13-15;/h1-3,5-7,9,13,17,22H,4,8,10-12,14H2;1H. The van der Waals surface area contributed by atoms with Crippen molar-refractivity contribution in [2.75, 3.05) is 26.2 Å². The van der Waals surface area contributed by atoms with E-state index in [-0.39, 0.29) is 35.9 Å². The lowest BCUT2D eigenvalue weighted by molar-refractivity contribution is -0.134. The van der Waals surface area contributed by atoms with Crippen molar-refractivity contribution in [1.82, 2.24) is 15.2 Å². The van der Waals surface area contributed by atoms with E-state index in [4.69, 9.17) is 4.74 Å². The van der Waals surface area contributed by atoms with E-state index in [0.717, 1.165) is 18.7 Å². The molecule has 1 aromatic carbocycles. The van der Waals surface area contributed by atoms with Crippen LogP contribution in [0.5, 0.6) is 5.75 Å². The van der Waals surface area contributed by atoms with Crippen molar-refractivity contribution in [1.29, 1.82) is 0 Å². The van der Waals surface area contributed by atoms with Gasteiger partial charge in [-0.1, -0.05) is 18.2 Å². The summed E-state index contributed by atoms with van der Waals surface area (Å²) < 4.78 is 18.9. The third-order valence-electron chi connectivity index (χ3n) is 4.26. The highest BCUT2D eigenvalue weighted by molar-refractivity contribution is 5.85. The van der Waals surface area contributed by atoms with Gasteiger partial charge in [-0.3, -0.25) is 9.78 Å². The fourth-order valence-corrected chi connectivity index (χ4v) is 2.98. The second-order valence-corrected chi connectivity index (χ2v) is 5.98. The smallest absolute Gasteiger partial charge is 0.223 e. The van der Waals surface area contributed by atoms with Gasteiger partial charge in [0.25, 0.3) is 0 Å². The molecule has 1 fully saturated rings. The summed E-state index contributed by atoms with van der Waals surface area (Å²) in [6, 6.07) is 10.2. The number of ether oxygens (including phenoxy) is 1. The maximum absolute atomic E-state index is 13.5. The van der Waals surface area contributed by atoms with Crippen molar-refractivity contribution in [2.24, 2.45) is 0 Å². The van der Waals surface area contributed by atoms with Gasteiger partial charge >= 0.3 is 0 Å². The predicted octanol–water partition coefficient (Wildman–Crippen LogP) is 2.97. The van der Waals surface area contributed by atoms with Crippen molar-refractivity contribution in [2.45, 2.75) is 18.9 Å². The van der Waals surface area contributed by atoms with Crippen LogP contribution in [0.4, 0.5) is 4.39 Å². The molecule has 1 saturated heterocycles. The minimum atomic E-state index is -0.382. The van der Waals surface area contributed by atoms with Crippen LogP contribution in [0.3, 0.4) is 0 Å². The molecule has 1 amide bonds. The zero-order valence-electron chi connectivity index (χ0n) is 14.4. The van der Waals surface area contributed by atoms with Gasteiger partial charge in [0.15, 0.2) is 11.6 Å². The average molecular weight is 380 g/mol. The van der Waals surface area contributed by atoms with Crippen molar-refractivity contribution in [3.8, 4) is 5.75 Å². The molecule has 1 aromatic heterocycles. The normalized spacial score (nSPS) is 16.7. The van der Waals surface area contributed by atoms with E-state index in [2.05, 4.69) is 10.3 Å². The van der Waals surface area contributed by atoms with Crippen molar-refractivity contribution < 1.29 is 13.9 Å². The van der Waals surface area contributed by atoms with Crippen molar-refractivity contribution in [3.63, 3.8) is 0 Å². The van der Waals surface area contributed by atoms with Gasteiger partial charge in [0.1, 0.15) is 0 Å². The highest BCUT2D eigenvalue weighted by Crippen LogP contribution is 2.22. The van der Waals surface area contributed by atoms with E-state index in [1.54, 1.807) is 30.6 Å². The molecule has 5 nitrogen and oxygen atoms in total. The topological polar surface area (TPSA) is 54.5 Å². The largest absolute Gasteiger partial charge is 0.491 e. The number of piperazine rings is 1. The van der Waals surface area contributed by atoms with E-state index in [1.165, 1.54) is 6.07 Å². The molecule has 1 aliphatic heterocycles. The second-order valence-electron chi connectivity index (χ2n) is 5.98. The summed E-state index contributed by atoms with van der Waals surface area (Å²) in [5.74, 6) is -0.0644. The van der Waals surface area contributed by atoms with Crippen LogP contribution in [0.15, 0.2) is 48.8 Å². The van der Waals surface area contributed by atoms with Crippen LogP contribution in [0, 0.1) is 5.82 Å². The van der Waals surface area contributed by atoms with Crippen LogP contribution in [0.25, 0.3) is 0 Å². The number of benzene rings is 1. The third-order valence-corrected chi connectivity index (χ3v) is 4.26. The zero-order valence-corrected chi connectivity index (χ0v) is 15.3. The molecule has 0 aliphatic carbocycles. The summed E-state index contributed by atoms with van der Waals surface area (Å²) in [6.07, 6.45) is 4.47. The van der Waals surface area contributed by atoms with Gasteiger partial charge < -0.3 is 15.0 Å². The number of rotatable bonds is 6. The van der Waals surface area contributed by atoms with Crippen molar-refractivity contribution >= 4 is 18.3 Å². The zero-order chi connectivity index (χ0) is 17.5. The lowest BCUT2D eigenvalue weighted by Crippen LogP contribution is -2.48. The molecule has 0 radical (unpaired) electrons. The number of halogens is 2. The Labute approximate surface area is 159 Å². The fraction of sp³-hybridized carbons (Fsp3) is 0.368. The number of pyridine rings is 1. The molecular formula is C19H23ClFN3O2. The Morgan fingerprint density at radius 2 is 2.15 bits per heavy atom. The van der Waals surface area contributed by atoms with Gasteiger partial charge in [-0.15, -0.1) is 12.4 Å². The highest BCUT2D eigenvalue weighted by atomic mass is 35.5. The van der Waals surface area contributed by atoms with Crippen LogP contribution < -0.4 is 10.1 Å². The Bertz CT molecular complexity index is 702. The van der Waals surface area contributed by atoms with Gasteiger partial charge in [0, 0.05) is 38.4 Å². The first-order valence-electron chi connectivity index (χ1n) is 8.53. The quantitative estimate of drug-likeness (QED) is 0.784. The first kappa shape index (κ1) is 20.1. The van der Waals surface area contributed by atoms with Crippen LogP contribution >= 0.6 is 12.4 Å². The third kappa shape index (κ3) is 5.16. The fourth-order valence-electron chi connectivity index (χ4n) is 2.98. The number of carbonyl (C=O) groups is 1. The Hall–Kier alpha value is -2.18. The minimum Gasteiger partial charge on any atom is -0.491 e. The van der Waals surface area contributed by atoms with E-state index >= 15 is 0 Å². The van der Waals surface area contributed by atoms with Gasteiger partial charge in [-0.25, -0.2) is 4.39 Å². The summed E-state index contributed by atoms with van der Waals surface area (Å²) in [4.78, 5) is 18.7. The summed E-state index contributed by atoms with van der Waals surface area (Å²) >= 11 is 0. The molecule has 0 spiro atoms. The summed E-state index contributed by atoms with van der Waals surface area (Å²) in [5, 5.41) is 3.33. The number of para-hydroxylation sites is 1. The molecule has 1 unspecified atom stereocenters. The Balaban J connectivity index is 0.00000243. The van der Waals surface area contributed by atoms with Crippen LogP contribution in [-0.2, 0) is 4.79 Å². The molecule has 7 heteroatoms. The number of nitrogens with zero attached hydrogens (tertiary/aromatic N) is 2. The lowest BCUT2D eigenvalue weighted by atomic mass is 10.0. The summed E-state index contributed by atoms with van der Waals surface area (Å²) in [5.41, 5.74) is 1.03. The summed E-state index contributed by atoms with van der Waals surface area (Å²) in [6.45, 7) is 2.50. The lowest BCUT2D eigenvalue weighted by Gasteiger charge is -2.36. The molecule has 0 saturated carbocycles. The molecule has 140 valence electrons. The number of aromatic nitrogens is 1. The molecule has 3 rings (SSSR count). The Morgan fingerprint density at radius 1 is 1.31 bits per heavy atom.